The van der Waals surface area contributed by atoms with E-state index in [9.17, 15) is 0 Å². The van der Waals surface area contributed by atoms with E-state index in [1.165, 1.54) is 11.8 Å². The van der Waals surface area contributed by atoms with E-state index < -0.39 is 0 Å². The van der Waals surface area contributed by atoms with Crippen LogP contribution in [0.25, 0.3) is 0 Å². The van der Waals surface area contributed by atoms with Gasteiger partial charge in [0, 0.05) is 26.2 Å². The predicted octanol–water partition coefficient (Wildman–Crippen LogP) is 2.02. The number of thioether (sulfide) groups is 1. The zero-order valence-corrected chi connectivity index (χ0v) is 12.6. The van der Waals surface area contributed by atoms with Crippen molar-refractivity contribution in [3.05, 3.63) is 24.3 Å². The molecular weight excluding hydrogens is 272 g/mol. The number of hydrogen-bond acceptors (Lipinski definition) is 5. The summed E-state index contributed by atoms with van der Waals surface area (Å²) in [5.74, 6) is 0.900. The summed E-state index contributed by atoms with van der Waals surface area (Å²) in [6.07, 6.45) is 3.82. The molecule has 1 aliphatic heterocycles. The van der Waals surface area contributed by atoms with E-state index in [4.69, 9.17) is 10.00 Å². The van der Waals surface area contributed by atoms with Crippen LogP contribution < -0.4 is 9.64 Å². The highest BCUT2D eigenvalue weighted by Gasteiger charge is 2.21. The largest absolute Gasteiger partial charge is 0.495 e. The molecule has 0 aromatic heterocycles. The maximum atomic E-state index is 8.69. The fourth-order valence-corrected chi connectivity index (χ4v) is 2.89. The molecule has 0 aliphatic carbocycles. The summed E-state index contributed by atoms with van der Waals surface area (Å²) in [4.78, 5) is 8.32. The van der Waals surface area contributed by atoms with Gasteiger partial charge in [0.25, 0.3) is 0 Å². The summed E-state index contributed by atoms with van der Waals surface area (Å²) >= 11 is 1.52. The van der Waals surface area contributed by atoms with E-state index in [1.807, 2.05) is 30.6 Å². The van der Waals surface area contributed by atoms with Crippen LogP contribution in [0.5, 0.6) is 5.75 Å². The second kappa shape index (κ2) is 7.06. The van der Waals surface area contributed by atoms with Gasteiger partial charge in [-0.05, 0) is 18.4 Å². The van der Waals surface area contributed by atoms with Gasteiger partial charge in [-0.3, -0.25) is 0 Å². The molecule has 0 radical (unpaired) electrons. The van der Waals surface area contributed by atoms with Crippen LogP contribution in [0.2, 0.25) is 0 Å². The van der Waals surface area contributed by atoms with Gasteiger partial charge in [0.05, 0.1) is 12.8 Å². The molecule has 5 nitrogen and oxygen atoms in total. The number of ether oxygens (including phenoxy) is 1. The first kappa shape index (κ1) is 14.5. The number of nitrogens with zero attached hydrogens (tertiary/aromatic N) is 4. The summed E-state index contributed by atoms with van der Waals surface area (Å²) < 4.78 is 5.41. The number of anilines is 1. The van der Waals surface area contributed by atoms with Gasteiger partial charge in [-0.1, -0.05) is 23.9 Å². The van der Waals surface area contributed by atoms with Gasteiger partial charge >= 0.3 is 0 Å². The Hall–Kier alpha value is -1.87. The topological polar surface area (TPSA) is 51.9 Å². The maximum absolute atomic E-state index is 8.69. The molecule has 1 fully saturated rings. The summed E-state index contributed by atoms with van der Waals surface area (Å²) in [6.45, 7) is 3.51. The Bertz CT molecular complexity index is 518. The molecule has 1 heterocycles. The Labute approximate surface area is 123 Å². The average molecular weight is 290 g/mol. The van der Waals surface area contributed by atoms with Crippen molar-refractivity contribution in [3.63, 3.8) is 0 Å². The third-order valence-corrected chi connectivity index (χ3v) is 4.02. The summed E-state index contributed by atoms with van der Waals surface area (Å²) in [5.41, 5.74) is 1.12. The van der Waals surface area contributed by atoms with Gasteiger partial charge in [-0.15, -0.1) is 4.99 Å². The van der Waals surface area contributed by atoms with Crippen LogP contribution in [0.3, 0.4) is 0 Å². The Kier molecular flexibility index (Phi) is 5.13. The number of nitriles is 1. The van der Waals surface area contributed by atoms with Gasteiger partial charge in [0.15, 0.2) is 5.17 Å². The summed E-state index contributed by atoms with van der Waals surface area (Å²) in [5, 5.41) is 9.49. The number of aliphatic imine (C=N–C) groups is 1. The first-order chi connectivity index (χ1) is 9.80. The predicted molar refractivity (Wildman–Crippen MR) is 83.3 cm³/mol. The first-order valence-electron chi connectivity index (χ1n) is 6.44. The monoisotopic (exact) mass is 290 g/mol. The lowest BCUT2D eigenvalue weighted by Crippen LogP contribution is -2.48. The Morgan fingerprint density at radius 2 is 2.00 bits per heavy atom. The van der Waals surface area contributed by atoms with Crippen LogP contribution >= 0.6 is 11.8 Å². The number of amidine groups is 1. The molecule has 0 bridgehead atoms. The minimum Gasteiger partial charge on any atom is -0.495 e. The zero-order chi connectivity index (χ0) is 14.4. The van der Waals surface area contributed by atoms with Crippen molar-refractivity contribution in [1.82, 2.24) is 4.90 Å². The van der Waals surface area contributed by atoms with Crippen LogP contribution in [0.15, 0.2) is 29.3 Å². The molecule has 1 aliphatic rings. The van der Waals surface area contributed by atoms with Gasteiger partial charge < -0.3 is 14.5 Å². The van der Waals surface area contributed by atoms with Crippen molar-refractivity contribution in [2.75, 3.05) is 44.4 Å². The molecule has 6 heteroatoms. The summed E-state index contributed by atoms with van der Waals surface area (Å²) in [6, 6.07) is 8.05. The van der Waals surface area contributed by atoms with E-state index in [0.717, 1.165) is 42.8 Å². The number of benzene rings is 1. The maximum Gasteiger partial charge on any atom is 0.208 e. The van der Waals surface area contributed by atoms with Gasteiger partial charge in [0.1, 0.15) is 5.75 Å². The van der Waals surface area contributed by atoms with E-state index >= 15 is 0 Å². The second-order valence-corrected chi connectivity index (χ2v) is 5.12. The van der Waals surface area contributed by atoms with Crippen molar-refractivity contribution in [2.45, 2.75) is 0 Å². The van der Waals surface area contributed by atoms with Gasteiger partial charge in [-0.25, -0.2) is 0 Å². The molecule has 0 atom stereocenters. The molecule has 20 heavy (non-hydrogen) atoms. The Morgan fingerprint density at radius 1 is 1.30 bits per heavy atom. The zero-order valence-electron chi connectivity index (χ0n) is 11.7. The molecule has 0 N–H and O–H groups in total. The van der Waals surface area contributed by atoms with E-state index in [0.29, 0.717) is 0 Å². The standard InChI is InChI=1S/C14H18N4OS/c1-19-13-6-4-3-5-12(13)17-7-9-18(10-8-17)14(20-2)16-11-15/h3-6H,7-10H2,1-2H3. The lowest BCUT2D eigenvalue weighted by atomic mass is 10.2. The van der Waals surface area contributed by atoms with Crippen molar-refractivity contribution in [1.29, 1.82) is 5.26 Å². The second-order valence-electron chi connectivity index (χ2n) is 4.34. The minimum absolute atomic E-state index is 0.798. The molecule has 1 saturated heterocycles. The molecule has 1 aromatic carbocycles. The lowest BCUT2D eigenvalue weighted by molar-refractivity contribution is 0.383. The number of para-hydroxylation sites is 2. The molecular formula is C14H18N4OS. The SMILES string of the molecule is COc1ccccc1N1CCN(C(=NC#N)SC)CC1. The number of hydrogen-bond donors (Lipinski definition) is 0. The highest BCUT2D eigenvalue weighted by molar-refractivity contribution is 8.13. The Morgan fingerprint density at radius 3 is 2.60 bits per heavy atom. The quantitative estimate of drug-likeness (QED) is 0.474. The van der Waals surface area contributed by atoms with Crippen LogP contribution in [0.1, 0.15) is 0 Å². The summed E-state index contributed by atoms with van der Waals surface area (Å²) in [7, 11) is 1.69. The smallest absolute Gasteiger partial charge is 0.208 e. The molecule has 0 saturated carbocycles. The first-order valence-corrected chi connectivity index (χ1v) is 7.66. The molecule has 0 amide bonds. The average Bonchev–Trinajstić information content (AvgIpc) is 2.53. The fraction of sp³-hybridized carbons (Fsp3) is 0.429. The highest BCUT2D eigenvalue weighted by atomic mass is 32.2. The third kappa shape index (κ3) is 3.17. The normalized spacial score (nSPS) is 15.9. The fourth-order valence-electron chi connectivity index (χ4n) is 2.32. The van der Waals surface area contributed by atoms with E-state index in [-0.39, 0.29) is 0 Å². The Balaban J connectivity index is 2.05. The number of piperazine rings is 1. The van der Waals surface area contributed by atoms with Crippen LogP contribution in [0, 0.1) is 11.5 Å². The lowest BCUT2D eigenvalue weighted by Gasteiger charge is -2.37. The molecule has 106 valence electrons. The van der Waals surface area contributed by atoms with Gasteiger partial charge in [-0.2, -0.15) is 5.26 Å². The van der Waals surface area contributed by atoms with Crippen molar-refractivity contribution in [2.24, 2.45) is 4.99 Å². The van der Waals surface area contributed by atoms with Crippen molar-refractivity contribution < 1.29 is 4.74 Å². The minimum atomic E-state index is 0.798. The molecule has 0 spiro atoms. The van der Waals surface area contributed by atoms with Crippen molar-refractivity contribution in [3.8, 4) is 11.9 Å². The van der Waals surface area contributed by atoms with Crippen LogP contribution in [-0.2, 0) is 0 Å². The number of rotatable bonds is 2. The van der Waals surface area contributed by atoms with Gasteiger partial charge in [0.2, 0.25) is 6.19 Å². The van der Waals surface area contributed by atoms with Crippen LogP contribution in [0.4, 0.5) is 5.69 Å². The molecule has 1 aromatic rings. The highest BCUT2D eigenvalue weighted by Crippen LogP contribution is 2.28. The molecule has 2 rings (SSSR count). The van der Waals surface area contributed by atoms with Crippen molar-refractivity contribution >= 4 is 22.6 Å². The van der Waals surface area contributed by atoms with Crippen LogP contribution in [-0.4, -0.2) is 49.6 Å². The van der Waals surface area contributed by atoms with E-state index in [1.54, 1.807) is 7.11 Å². The molecule has 0 unspecified atom stereocenters. The number of methoxy groups -OCH3 is 1. The third-order valence-electron chi connectivity index (χ3n) is 3.30. The van der Waals surface area contributed by atoms with E-state index in [2.05, 4.69) is 20.9 Å².